The number of hydrogen-bond donors (Lipinski definition) is 2. The van der Waals surface area contributed by atoms with Gasteiger partial charge < -0.3 is 15.3 Å². The highest BCUT2D eigenvalue weighted by atomic mass is 16.3. The number of hydrogen-bond acceptors (Lipinski definition) is 3. The van der Waals surface area contributed by atoms with Gasteiger partial charge in [0.2, 0.25) is 0 Å². The molecule has 0 aromatic heterocycles. The molecule has 3 heteroatoms. The number of phenols is 1. The minimum absolute atomic E-state index is 0.368. The molecular weight excluding hydrogens is 188 g/mol. The van der Waals surface area contributed by atoms with Crippen LogP contribution in [0.3, 0.4) is 0 Å². The van der Waals surface area contributed by atoms with Crippen LogP contribution in [0.15, 0.2) is 18.2 Å². The molecule has 0 saturated carbocycles. The molecule has 1 aromatic rings. The summed E-state index contributed by atoms with van der Waals surface area (Å²) in [7, 11) is 4.18. The summed E-state index contributed by atoms with van der Waals surface area (Å²) in [5, 5.41) is 12.8. The van der Waals surface area contributed by atoms with Crippen molar-refractivity contribution in [1.82, 2.24) is 4.90 Å². The summed E-state index contributed by atoms with van der Waals surface area (Å²) in [6.07, 6.45) is 1.14. The van der Waals surface area contributed by atoms with Crippen molar-refractivity contribution >= 4 is 5.69 Å². The molecule has 2 N–H and O–H groups in total. The number of nitrogens with zero attached hydrogens (tertiary/aromatic N) is 1. The van der Waals surface area contributed by atoms with E-state index in [0.29, 0.717) is 11.7 Å². The molecule has 0 amide bonds. The highest BCUT2D eigenvalue weighted by Crippen LogP contribution is 2.35. The molecule has 2 rings (SSSR count). The smallest absolute Gasteiger partial charge is 0.116 e. The second kappa shape index (κ2) is 4.11. The van der Waals surface area contributed by atoms with Gasteiger partial charge in [0.15, 0.2) is 0 Å². The highest BCUT2D eigenvalue weighted by Gasteiger charge is 2.22. The molecule has 1 aliphatic rings. The Bertz CT molecular complexity index is 349. The molecule has 0 bridgehead atoms. The number of benzene rings is 1. The summed E-state index contributed by atoms with van der Waals surface area (Å²) in [6, 6.07) is 5.58. The molecule has 0 saturated heterocycles. The summed E-state index contributed by atoms with van der Waals surface area (Å²) in [6.45, 7) is 2.08. The average Bonchev–Trinajstić information content (AvgIpc) is 2.57. The van der Waals surface area contributed by atoms with Crippen molar-refractivity contribution in [3.8, 4) is 5.75 Å². The van der Waals surface area contributed by atoms with Crippen LogP contribution in [0.5, 0.6) is 5.75 Å². The van der Waals surface area contributed by atoms with Gasteiger partial charge in [0.25, 0.3) is 0 Å². The molecule has 1 aromatic carbocycles. The molecular formula is C12H18N2O. The molecule has 0 spiro atoms. The van der Waals surface area contributed by atoms with Crippen molar-refractivity contribution in [1.29, 1.82) is 0 Å². The third-order valence-corrected chi connectivity index (χ3v) is 2.94. The first-order valence-electron chi connectivity index (χ1n) is 5.38. The maximum absolute atomic E-state index is 9.45. The van der Waals surface area contributed by atoms with Crippen LogP contribution in [0.2, 0.25) is 0 Å². The molecule has 15 heavy (non-hydrogen) atoms. The number of rotatable bonds is 3. The van der Waals surface area contributed by atoms with Crippen LogP contribution in [0.1, 0.15) is 17.9 Å². The summed E-state index contributed by atoms with van der Waals surface area (Å²) in [4.78, 5) is 2.20. The van der Waals surface area contributed by atoms with Gasteiger partial charge in [0.05, 0.1) is 0 Å². The van der Waals surface area contributed by atoms with Crippen molar-refractivity contribution in [2.45, 2.75) is 12.3 Å². The van der Waals surface area contributed by atoms with Gasteiger partial charge in [-0.3, -0.25) is 0 Å². The van der Waals surface area contributed by atoms with Gasteiger partial charge >= 0.3 is 0 Å². The zero-order valence-corrected chi connectivity index (χ0v) is 9.33. The number of nitrogens with one attached hydrogen (secondary N) is 1. The normalized spacial score (nSPS) is 19.0. The Morgan fingerprint density at radius 3 is 3.00 bits per heavy atom. The minimum Gasteiger partial charge on any atom is -0.508 e. The summed E-state index contributed by atoms with van der Waals surface area (Å²) < 4.78 is 0. The fraction of sp³-hybridized carbons (Fsp3) is 0.500. The van der Waals surface area contributed by atoms with E-state index in [1.54, 1.807) is 6.07 Å². The zero-order chi connectivity index (χ0) is 10.8. The Morgan fingerprint density at radius 1 is 1.47 bits per heavy atom. The molecule has 1 atom stereocenters. The molecule has 0 fully saturated rings. The van der Waals surface area contributed by atoms with Crippen LogP contribution in [0.4, 0.5) is 5.69 Å². The van der Waals surface area contributed by atoms with Gasteiger partial charge in [0, 0.05) is 18.2 Å². The van der Waals surface area contributed by atoms with Crippen molar-refractivity contribution in [3.63, 3.8) is 0 Å². The lowest BCUT2D eigenvalue weighted by atomic mass is 9.97. The van der Waals surface area contributed by atoms with E-state index < -0.39 is 0 Å². The number of fused-ring (bicyclic) bond motifs is 1. The van der Waals surface area contributed by atoms with E-state index in [1.807, 2.05) is 12.1 Å². The van der Waals surface area contributed by atoms with Crippen molar-refractivity contribution in [3.05, 3.63) is 23.8 Å². The van der Waals surface area contributed by atoms with Gasteiger partial charge in [-0.1, -0.05) is 0 Å². The Hall–Kier alpha value is -1.22. The van der Waals surface area contributed by atoms with E-state index in [0.717, 1.165) is 19.5 Å². The van der Waals surface area contributed by atoms with Gasteiger partial charge in [-0.25, -0.2) is 0 Å². The number of phenolic OH excluding ortho intramolecular Hbond substituents is 1. The van der Waals surface area contributed by atoms with Crippen LogP contribution in [0, 0.1) is 0 Å². The fourth-order valence-corrected chi connectivity index (χ4v) is 2.06. The highest BCUT2D eigenvalue weighted by molar-refractivity contribution is 5.59. The van der Waals surface area contributed by atoms with E-state index in [1.165, 1.54) is 11.3 Å². The maximum Gasteiger partial charge on any atom is 0.116 e. The Balaban J connectivity index is 2.10. The molecule has 1 heterocycles. The van der Waals surface area contributed by atoms with Crippen LogP contribution in [-0.2, 0) is 0 Å². The second-order valence-corrected chi connectivity index (χ2v) is 4.44. The first kappa shape index (κ1) is 10.3. The first-order valence-corrected chi connectivity index (χ1v) is 5.38. The van der Waals surface area contributed by atoms with E-state index >= 15 is 0 Å². The van der Waals surface area contributed by atoms with E-state index in [2.05, 4.69) is 24.3 Å². The van der Waals surface area contributed by atoms with Crippen molar-refractivity contribution in [2.75, 3.05) is 32.5 Å². The summed E-state index contributed by atoms with van der Waals surface area (Å²) >= 11 is 0. The standard InChI is InChI=1S/C12H18N2O/c1-14(2)6-5-9-8-13-12-4-3-10(15)7-11(9)12/h3-4,7,9,13,15H,5-6,8H2,1-2H3. The monoisotopic (exact) mass is 206 g/mol. The zero-order valence-electron chi connectivity index (χ0n) is 9.33. The third kappa shape index (κ3) is 2.23. The second-order valence-electron chi connectivity index (χ2n) is 4.44. The number of aromatic hydroxyl groups is 1. The predicted octanol–water partition coefficient (Wildman–Crippen LogP) is 1.85. The van der Waals surface area contributed by atoms with E-state index in [9.17, 15) is 5.11 Å². The summed E-state index contributed by atoms with van der Waals surface area (Å²) in [5.41, 5.74) is 2.44. The number of anilines is 1. The molecule has 3 nitrogen and oxygen atoms in total. The lowest BCUT2D eigenvalue weighted by molar-refractivity contribution is 0.385. The van der Waals surface area contributed by atoms with Crippen LogP contribution < -0.4 is 5.32 Å². The van der Waals surface area contributed by atoms with E-state index in [4.69, 9.17) is 0 Å². The molecule has 82 valence electrons. The Kier molecular flexibility index (Phi) is 2.82. The lowest BCUT2D eigenvalue weighted by Gasteiger charge is -2.14. The van der Waals surface area contributed by atoms with Gasteiger partial charge in [-0.15, -0.1) is 0 Å². The van der Waals surface area contributed by atoms with Crippen molar-refractivity contribution in [2.24, 2.45) is 0 Å². The van der Waals surface area contributed by atoms with Crippen LogP contribution in [-0.4, -0.2) is 37.2 Å². The topological polar surface area (TPSA) is 35.5 Å². The molecule has 1 aliphatic heterocycles. The Morgan fingerprint density at radius 2 is 2.27 bits per heavy atom. The fourth-order valence-electron chi connectivity index (χ4n) is 2.06. The predicted molar refractivity (Wildman–Crippen MR) is 62.5 cm³/mol. The SMILES string of the molecule is CN(C)CCC1CNc2ccc(O)cc21. The quantitative estimate of drug-likeness (QED) is 0.741. The van der Waals surface area contributed by atoms with Gasteiger partial charge in [-0.2, -0.15) is 0 Å². The molecule has 1 unspecified atom stereocenters. The lowest BCUT2D eigenvalue weighted by Crippen LogP contribution is -2.16. The van der Waals surface area contributed by atoms with E-state index in [-0.39, 0.29) is 0 Å². The molecule has 0 aliphatic carbocycles. The Labute approximate surface area is 90.7 Å². The van der Waals surface area contributed by atoms with Gasteiger partial charge in [-0.05, 0) is 50.8 Å². The van der Waals surface area contributed by atoms with Gasteiger partial charge in [0.1, 0.15) is 5.75 Å². The first-order chi connectivity index (χ1) is 7.16. The molecule has 0 radical (unpaired) electrons. The summed E-state index contributed by atoms with van der Waals surface area (Å²) in [5.74, 6) is 0.904. The van der Waals surface area contributed by atoms with Crippen molar-refractivity contribution < 1.29 is 5.11 Å². The minimum atomic E-state index is 0.368. The maximum atomic E-state index is 9.45. The van der Waals surface area contributed by atoms with Crippen LogP contribution >= 0.6 is 0 Å². The van der Waals surface area contributed by atoms with Crippen LogP contribution in [0.25, 0.3) is 0 Å². The largest absolute Gasteiger partial charge is 0.508 e. The average molecular weight is 206 g/mol. The third-order valence-electron chi connectivity index (χ3n) is 2.94.